The molecule has 31 heavy (non-hydrogen) atoms. The van der Waals surface area contributed by atoms with Crippen LogP contribution in [0, 0.1) is 28.6 Å². The van der Waals surface area contributed by atoms with Crippen molar-refractivity contribution in [2.24, 2.45) is 34.3 Å². The topological polar surface area (TPSA) is 86.8 Å². The minimum atomic E-state index is -0.670. The number of allylic oxidation sites excluding steroid dienone is 3. The maximum atomic E-state index is 12.0. The number of likely N-dealkylation sites (tertiary alicyclic amines) is 1. The van der Waals surface area contributed by atoms with E-state index in [0.29, 0.717) is 18.4 Å². The van der Waals surface area contributed by atoms with Gasteiger partial charge in [-0.3, -0.25) is 4.79 Å². The molecule has 6 atom stereocenters. The van der Waals surface area contributed by atoms with Crippen molar-refractivity contribution in [1.29, 1.82) is 0 Å². The monoisotopic (exact) mass is 428 g/mol. The molecule has 172 valence electrons. The predicted octanol–water partition coefficient (Wildman–Crippen LogP) is 3.16. The van der Waals surface area contributed by atoms with E-state index in [1.54, 1.807) is 5.57 Å². The van der Waals surface area contributed by atoms with Crippen LogP contribution in [-0.4, -0.2) is 52.4 Å². The summed E-state index contributed by atoms with van der Waals surface area (Å²) >= 11 is 0. The minimum absolute atomic E-state index is 0.00335. The van der Waals surface area contributed by atoms with Crippen LogP contribution in [-0.2, 0) is 4.79 Å². The first-order chi connectivity index (χ1) is 14.7. The number of fused-ring (bicyclic) bond motifs is 5. The molecular formula is C26H40N2O3. The molecule has 5 aliphatic rings. The maximum absolute atomic E-state index is 12.0. The summed E-state index contributed by atoms with van der Waals surface area (Å²) in [5.41, 5.74) is 7.94. The highest BCUT2D eigenvalue weighted by molar-refractivity contribution is 5.76. The van der Waals surface area contributed by atoms with Crippen molar-refractivity contribution in [1.82, 2.24) is 4.90 Å². The molecule has 4 aliphatic carbocycles. The van der Waals surface area contributed by atoms with Gasteiger partial charge in [-0.25, -0.2) is 0 Å². The van der Waals surface area contributed by atoms with Crippen LogP contribution in [0.4, 0.5) is 0 Å². The molecule has 3 saturated carbocycles. The summed E-state index contributed by atoms with van der Waals surface area (Å²) in [6.45, 7) is 7.19. The van der Waals surface area contributed by atoms with Crippen LogP contribution >= 0.6 is 0 Å². The van der Waals surface area contributed by atoms with Gasteiger partial charge in [0.15, 0.2) is 0 Å². The second-order valence-corrected chi connectivity index (χ2v) is 11.8. The number of amides is 1. The molecule has 5 nitrogen and oxygen atoms in total. The predicted molar refractivity (Wildman–Crippen MR) is 121 cm³/mol. The molecule has 1 amide bonds. The first kappa shape index (κ1) is 21.7. The van der Waals surface area contributed by atoms with Crippen molar-refractivity contribution in [3.05, 3.63) is 23.3 Å². The molecule has 0 bridgehead atoms. The summed E-state index contributed by atoms with van der Waals surface area (Å²) in [6.07, 6.45) is 13.1. The van der Waals surface area contributed by atoms with E-state index in [9.17, 15) is 15.0 Å². The Balaban J connectivity index is 1.36. The van der Waals surface area contributed by atoms with E-state index in [4.69, 9.17) is 5.73 Å². The average molecular weight is 429 g/mol. The average Bonchev–Trinajstić information content (AvgIpc) is 2.99. The summed E-state index contributed by atoms with van der Waals surface area (Å²) in [5.74, 6) is 0.828. The van der Waals surface area contributed by atoms with Crippen LogP contribution < -0.4 is 5.73 Å². The maximum Gasteiger partial charge on any atom is 0.220 e. The number of hydrogen-bond acceptors (Lipinski definition) is 4. The summed E-state index contributed by atoms with van der Waals surface area (Å²) < 4.78 is 0. The number of piperidine rings is 1. The molecule has 1 aliphatic heterocycles. The van der Waals surface area contributed by atoms with Crippen LogP contribution in [0.1, 0.15) is 71.6 Å². The van der Waals surface area contributed by atoms with Gasteiger partial charge in [0.2, 0.25) is 5.91 Å². The van der Waals surface area contributed by atoms with Crippen molar-refractivity contribution in [2.45, 2.75) is 83.3 Å². The van der Waals surface area contributed by atoms with Crippen molar-refractivity contribution in [2.75, 3.05) is 19.6 Å². The molecule has 4 fully saturated rings. The number of β-amino-alcohol motifs (C(OH)–C–C–N with tert-alkyl or cyclic N) is 1. The highest BCUT2D eigenvalue weighted by Crippen LogP contribution is 2.66. The number of aliphatic hydroxyl groups excluding tert-OH is 1. The fraction of sp³-hybridized carbons (Fsp3) is 0.808. The Bertz CT molecular complexity index is 813. The second-order valence-electron chi connectivity index (χ2n) is 11.8. The third-order valence-corrected chi connectivity index (χ3v) is 10.3. The molecular weight excluding hydrogens is 388 g/mol. The highest BCUT2D eigenvalue weighted by Gasteiger charge is 2.62. The van der Waals surface area contributed by atoms with Crippen LogP contribution in [0.25, 0.3) is 0 Å². The zero-order chi connectivity index (χ0) is 22.0. The Labute approximate surface area is 186 Å². The van der Waals surface area contributed by atoms with E-state index in [1.165, 1.54) is 5.57 Å². The highest BCUT2D eigenvalue weighted by atomic mass is 16.3. The molecule has 0 spiro atoms. The number of carbonyl (C=O) groups excluding carboxylic acids is 1. The Morgan fingerprint density at radius 2 is 1.77 bits per heavy atom. The number of aliphatic hydroxyl groups is 2. The lowest BCUT2D eigenvalue weighted by Crippen LogP contribution is -2.57. The quantitative estimate of drug-likeness (QED) is 0.644. The third kappa shape index (κ3) is 3.26. The summed E-state index contributed by atoms with van der Waals surface area (Å²) in [7, 11) is 0. The lowest BCUT2D eigenvalue weighted by atomic mass is 9.50. The standard InChI is InChI=1S/C26H40N2O3/c1-24-10-5-19(29)15-18(24)3-4-20-21(24)6-11-25(2)22(20)7-12-26(25,31)16-28-13-8-17(9-14-28)23(27)30/h3-4,17,19,21-22,29,31H,5-16H2,1-2H3,(H2,27,30)/t19-,21-,22-,24-,25-,26+/m0/s1. The van der Waals surface area contributed by atoms with Crippen molar-refractivity contribution in [3.63, 3.8) is 0 Å². The van der Waals surface area contributed by atoms with Gasteiger partial charge in [0.25, 0.3) is 0 Å². The second kappa shape index (κ2) is 7.43. The van der Waals surface area contributed by atoms with Gasteiger partial charge in [-0.1, -0.05) is 37.1 Å². The fourth-order valence-electron chi connectivity index (χ4n) is 8.10. The lowest BCUT2D eigenvalue weighted by molar-refractivity contribution is -0.125. The Kier molecular flexibility index (Phi) is 5.19. The minimum Gasteiger partial charge on any atom is -0.393 e. The number of carbonyl (C=O) groups is 1. The zero-order valence-electron chi connectivity index (χ0n) is 19.3. The van der Waals surface area contributed by atoms with Crippen LogP contribution in [0.3, 0.4) is 0 Å². The Hall–Kier alpha value is -1.17. The molecule has 1 heterocycles. The Morgan fingerprint density at radius 1 is 1.06 bits per heavy atom. The van der Waals surface area contributed by atoms with Crippen molar-refractivity contribution < 1.29 is 15.0 Å². The van der Waals surface area contributed by atoms with Gasteiger partial charge in [-0.15, -0.1) is 0 Å². The van der Waals surface area contributed by atoms with Crippen molar-refractivity contribution >= 4 is 5.91 Å². The van der Waals surface area contributed by atoms with E-state index in [-0.39, 0.29) is 28.8 Å². The van der Waals surface area contributed by atoms with Crippen molar-refractivity contribution in [3.8, 4) is 0 Å². The number of nitrogens with zero attached hydrogens (tertiary/aromatic N) is 1. The molecule has 5 rings (SSSR count). The first-order valence-electron chi connectivity index (χ1n) is 12.5. The zero-order valence-corrected chi connectivity index (χ0v) is 19.3. The SMILES string of the molecule is C[C@]12CC[C@H](O)CC1=CC=C1[C@@H]2CC[C@@]2(C)[C@H]1CC[C@@]2(O)CN1CCC(C(N)=O)CC1. The van der Waals surface area contributed by atoms with Gasteiger partial charge in [-0.05, 0) is 88.1 Å². The molecule has 4 N–H and O–H groups in total. The Morgan fingerprint density at radius 3 is 2.48 bits per heavy atom. The molecule has 0 aromatic heterocycles. The van der Waals surface area contributed by atoms with E-state index in [2.05, 4.69) is 30.9 Å². The fourth-order valence-corrected chi connectivity index (χ4v) is 8.10. The first-order valence-corrected chi connectivity index (χ1v) is 12.5. The van der Waals surface area contributed by atoms with E-state index < -0.39 is 5.60 Å². The molecule has 0 aromatic carbocycles. The normalized spacial score (nSPS) is 45.9. The number of rotatable bonds is 3. The van der Waals surface area contributed by atoms with E-state index in [1.807, 2.05) is 0 Å². The van der Waals surface area contributed by atoms with Crippen LogP contribution in [0.5, 0.6) is 0 Å². The van der Waals surface area contributed by atoms with Gasteiger partial charge in [0.05, 0.1) is 11.7 Å². The van der Waals surface area contributed by atoms with E-state index in [0.717, 1.165) is 70.9 Å². The number of primary amides is 1. The van der Waals surface area contributed by atoms with Crippen LogP contribution in [0.2, 0.25) is 0 Å². The lowest BCUT2D eigenvalue weighted by Gasteiger charge is -2.56. The molecule has 1 saturated heterocycles. The van der Waals surface area contributed by atoms with E-state index >= 15 is 0 Å². The van der Waals surface area contributed by atoms with Gasteiger partial charge >= 0.3 is 0 Å². The van der Waals surface area contributed by atoms with Gasteiger partial charge in [-0.2, -0.15) is 0 Å². The molecule has 0 radical (unpaired) electrons. The molecule has 5 heteroatoms. The number of nitrogens with two attached hydrogens (primary N) is 1. The largest absolute Gasteiger partial charge is 0.393 e. The summed E-state index contributed by atoms with van der Waals surface area (Å²) in [4.78, 5) is 13.9. The smallest absolute Gasteiger partial charge is 0.220 e. The van der Waals surface area contributed by atoms with Gasteiger partial charge in [0, 0.05) is 17.9 Å². The third-order valence-electron chi connectivity index (χ3n) is 10.3. The summed E-state index contributed by atoms with van der Waals surface area (Å²) in [6, 6.07) is 0. The van der Waals surface area contributed by atoms with Gasteiger partial charge < -0.3 is 20.8 Å². The molecule has 0 aromatic rings. The molecule has 0 unspecified atom stereocenters. The van der Waals surface area contributed by atoms with Gasteiger partial charge in [0.1, 0.15) is 0 Å². The van der Waals surface area contributed by atoms with Crippen LogP contribution in [0.15, 0.2) is 23.3 Å². The number of hydrogen-bond donors (Lipinski definition) is 3. The summed E-state index contributed by atoms with van der Waals surface area (Å²) in [5, 5.41) is 22.2.